The number of rotatable bonds is 10. The summed E-state index contributed by atoms with van der Waals surface area (Å²) in [5.74, 6) is -1.40. The molecule has 1 aliphatic carbocycles. The molecule has 1 aromatic carbocycles. The summed E-state index contributed by atoms with van der Waals surface area (Å²) in [5, 5.41) is 20.3. The third-order valence-electron chi connectivity index (χ3n) is 5.95. The Labute approximate surface area is 223 Å². The first kappa shape index (κ1) is 29.3. The Morgan fingerprint density at radius 2 is 1.89 bits per heavy atom. The molecule has 38 heavy (non-hydrogen) atoms. The zero-order valence-electron chi connectivity index (χ0n) is 22.0. The van der Waals surface area contributed by atoms with E-state index in [1.807, 2.05) is 13.8 Å². The van der Waals surface area contributed by atoms with Crippen molar-refractivity contribution in [2.24, 2.45) is 5.92 Å². The summed E-state index contributed by atoms with van der Waals surface area (Å²) in [7, 11) is 0. The van der Waals surface area contributed by atoms with Crippen LogP contribution in [-0.2, 0) is 9.53 Å². The Morgan fingerprint density at radius 3 is 2.45 bits per heavy atom. The first-order chi connectivity index (χ1) is 17.6. The number of nitrogens with zero attached hydrogens (tertiary/aromatic N) is 2. The molecular formula is C25H33ClFN5O6. The van der Waals surface area contributed by atoms with E-state index in [0.29, 0.717) is 24.1 Å². The van der Waals surface area contributed by atoms with Crippen LogP contribution >= 0.6 is 11.6 Å². The van der Waals surface area contributed by atoms with E-state index in [9.17, 15) is 19.2 Å². The van der Waals surface area contributed by atoms with Gasteiger partial charge in [-0.1, -0.05) is 18.5 Å². The van der Waals surface area contributed by atoms with E-state index in [0.717, 1.165) is 6.07 Å². The highest BCUT2D eigenvalue weighted by Gasteiger charge is 2.32. The van der Waals surface area contributed by atoms with Crippen LogP contribution in [0.25, 0.3) is 10.9 Å². The molecule has 0 spiro atoms. The minimum Gasteiger partial charge on any atom is -0.464 e. The van der Waals surface area contributed by atoms with Crippen LogP contribution in [0.4, 0.5) is 9.18 Å². The first-order valence-corrected chi connectivity index (χ1v) is 12.7. The highest BCUT2D eigenvalue weighted by atomic mass is 35.5. The standard InChI is InChI=1S/C25H33ClFN5O6/c1-12(11-29-13(2)9-18(33)38-25(3,4)5)8-17(28)19-16(27)10-15-21(20(19)26)31(14-6-7-14)24(37)32(22(15)34)30-23(35)36/h10,12-14,28-30H,6-9,11H2,1-5H3,(H,35,36). The predicted molar refractivity (Wildman–Crippen MR) is 142 cm³/mol. The molecule has 1 saturated carbocycles. The number of amides is 1. The molecule has 0 aliphatic heterocycles. The van der Waals surface area contributed by atoms with Crippen molar-refractivity contribution in [2.75, 3.05) is 12.0 Å². The molecule has 1 amide bonds. The second-order valence-corrected chi connectivity index (χ2v) is 11.2. The molecule has 4 N–H and O–H groups in total. The molecule has 0 saturated heterocycles. The van der Waals surface area contributed by atoms with Gasteiger partial charge in [0.05, 0.1) is 27.9 Å². The first-order valence-electron chi connectivity index (χ1n) is 12.3. The second-order valence-electron chi connectivity index (χ2n) is 10.8. The SMILES string of the molecule is CC(CNC(C)CC(=O)OC(C)(C)C)CC(=N)c1c(F)cc2c(=O)n(NC(=O)O)c(=O)n(C3CC3)c2c1Cl. The average molecular weight is 554 g/mol. The number of esters is 1. The minimum absolute atomic E-state index is 0.0227. The zero-order chi connectivity index (χ0) is 28.5. The van der Waals surface area contributed by atoms with Gasteiger partial charge in [-0.15, -0.1) is 0 Å². The van der Waals surface area contributed by atoms with Crippen molar-refractivity contribution in [3.63, 3.8) is 0 Å². The van der Waals surface area contributed by atoms with Crippen LogP contribution in [0.5, 0.6) is 0 Å². The lowest BCUT2D eigenvalue weighted by molar-refractivity contribution is -0.155. The summed E-state index contributed by atoms with van der Waals surface area (Å²) in [6.07, 6.45) is -0.131. The van der Waals surface area contributed by atoms with Gasteiger partial charge in [0.25, 0.3) is 5.56 Å². The van der Waals surface area contributed by atoms with Gasteiger partial charge in [-0.05, 0) is 65.5 Å². The second kappa shape index (κ2) is 11.2. The minimum atomic E-state index is -1.63. The fourth-order valence-corrected chi connectivity index (χ4v) is 4.59. The molecule has 1 heterocycles. The van der Waals surface area contributed by atoms with Crippen LogP contribution in [-0.4, -0.2) is 50.3 Å². The smallest absolute Gasteiger partial charge is 0.424 e. The summed E-state index contributed by atoms with van der Waals surface area (Å²) in [6.45, 7) is 9.49. The van der Waals surface area contributed by atoms with Gasteiger partial charge in [-0.25, -0.2) is 19.4 Å². The number of hydrogen-bond acceptors (Lipinski definition) is 7. The van der Waals surface area contributed by atoms with E-state index < -0.39 is 28.8 Å². The molecule has 11 nitrogen and oxygen atoms in total. The molecule has 1 aliphatic rings. The van der Waals surface area contributed by atoms with Crippen molar-refractivity contribution in [3.8, 4) is 0 Å². The lowest BCUT2D eigenvalue weighted by Crippen LogP contribution is -2.46. The Morgan fingerprint density at radius 1 is 1.26 bits per heavy atom. The van der Waals surface area contributed by atoms with Crippen molar-refractivity contribution >= 4 is 40.3 Å². The molecule has 1 fully saturated rings. The van der Waals surface area contributed by atoms with Gasteiger partial charge in [0.2, 0.25) is 0 Å². The molecule has 2 unspecified atom stereocenters. The Balaban J connectivity index is 1.84. The van der Waals surface area contributed by atoms with Crippen LogP contribution in [0.15, 0.2) is 15.7 Å². The maximum absolute atomic E-state index is 15.2. The Hall–Kier alpha value is -3.25. The van der Waals surface area contributed by atoms with E-state index in [2.05, 4.69) is 5.32 Å². The van der Waals surface area contributed by atoms with Crippen LogP contribution in [0.3, 0.4) is 0 Å². The Bertz CT molecular complexity index is 1390. The fraction of sp³-hybridized carbons (Fsp3) is 0.560. The molecule has 3 rings (SSSR count). The number of carboxylic acid groups (broad SMARTS) is 1. The number of ether oxygens (including phenoxy) is 1. The van der Waals surface area contributed by atoms with Crippen molar-refractivity contribution < 1.29 is 23.8 Å². The van der Waals surface area contributed by atoms with Crippen molar-refractivity contribution in [1.29, 1.82) is 5.41 Å². The number of hydrogen-bond donors (Lipinski definition) is 4. The zero-order valence-corrected chi connectivity index (χ0v) is 22.7. The molecule has 208 valence electrons. The summed E-state index contributed by atoms with van der Waals surface area (Å²) < 4.78 is 22.1. The number of aromatic nitrogens is 2. The third-order valence-corrected chi connectivity index (χ3v) is 6.31. The largest absolute Gasteiger partial charge is 0.464 e. The molecule has 1 aromatic heterocycles. The van der Waals surface area contributed by atoms with Gasteiger partial charge in [0, 0.05) is 17.8 Å². The third kappa shape index (κ3) is 6.79. The van der Waals surface area contributed by atoms with Crippen molar-refractivity contribution in [3.05, 3.63) is 43.3 Å². The quantitative estimate of drug-likeness (QED) is 0.258. The number of halogens is 2. The Kier molecular flexibility index (Phi) is 8.67. The summed E-state index contributed by atoms with van der Waals surface area (Å²) in [4.78, 5) is 49.0. The number of benzene rings is 1. The number of carbonyl (C=O) groups is 2. The molecule has 2 atom stereocenters. The van der Waals surface area contributed by atoms with Gasteiger partial charge >= 0.3 is 17.8 Å². The molecule has 2 aromatic rings. The van der Waals surface area contributed by atoms with Gasteiger partial charge < -0.3 is 20.6 Å². The lowest BCUT2D eigenvalue weighted by Gasteiger charge is -2.22. The molecule has 13 heteroatoms. The van der Waals surface area contributed by atoms with E-state index in [-0.39, 0.29) is 64.0 Å². The van der Waals surface area contributed by atoms with E-state index in [1.54, 1.807) is 26.2 Å². The summed E-state index contributed by atoms with van der Waals surface area (Å²) in [6, 6.07) is 0.376. The van der Waals surface area contributed by atoms with Crippen molar-refractivity contribution in [2.45, 2.75) is 78.0 Å². The van der Waals surface area contributed by atoms with Crippen LogP contribution in [0, 0.1) is 17.1 Å². The topological polar surface area (TPSA) is 156 Å². The van der Waals surface area contributed by atoms with E-state index in [1.165, 1.54) is 4.57 Å². The maximum atomic E-state index is 15.2. The van der Waals surface area contributed by atoms with Crippen molar-refractivity contribution in [1.82, 2.24) is 14.6 Å². The number of fused-ring (bicyclic) bond motifs is 1. The van der Waals surface area contributed by atoms with Crippen LogP contribution in [0.2, 0.25) is 5.02 Å². The lowest BCUT2D eigenvalue weighted by atomic mass is 9.97. The normalized spacial score (nSPS) is 15.2. The molecule has 0 bridgehead atoms. The van der Waals surface area contributed by atoms with Gasteiger partial charge in [-0.3, -0.25) is 14.2 Å². The monoisotopic (exact) mass is 553 g/mol. The highest BCUT2D eigenvalue weighted by molar-refractivity contribution is 6.38. The van der Waals surface area contributed by atoms with Gasteiger partial charge in [0.1, 0.15) is 11.4 Å². The van der Waals surface area contributed by atoms with Crippen LogP contribution in [0.1, 0.15) is 71.9 Å². The molecule has 0 radical (unpaired) electrons. The van der Waals surface area contributed by atoms with Gasteiger partial charge in [0.15, 0.2) is 0 Å². The fourth-order valence-electron chi connectivity index (χ4n) is 4.19. The van der Waals surface area contributed by atoms with E-state index in [4.69, 9.17) is 26.9 Å². The summed E-state index contributed by atoms with van der Waals surface area (Å²) >= 11 is 6.55. The highest BCUT2D eigenvalue weighted by Crippen LogP contribution is 2.38. The predicted octanol–water partition coefficient (Wildman–Crippen LogP) is 3.62. The van der Waals surface area contributed by atoms with E-state index >= 15 is 4.39 Å². The maximum Gasteiger partial charge on any atom is 0.424 e. The number of nitrogens with one attached hydrogen (secondary N) is 3. The number of carbonyl (C=O) groups excluding carboxylic acids is 1. The average Bonchev–Trinajstić information content (AvgIpc) is 3.59. The summed E-state index contributed by atoms with van der Waals surface area (Å²) in [5.41, 5.74) is -1.18. The van der Waals surface area contributed by atoms with Gasteiger partial charge in [-0.2, -0.15) is 4.68 Å². The van der Waals surface area contributed by atoms with Crippen LogP contribution < -0.4 is 22.0 Å². The molecular weight excluding hydrogens is 521 g/mol.